The fourth-order valence-corrected chi connectivity index (χ4v) is 3.75. The number of carbonyl (C=O) groups is 4. The number of aliphatic carboxylic acids is 1. The second-order valence-electron chi connectivity index (χ2n) is 7.44. The third-order valence-corrected chi connectivity index (χ3v) is 5.62. The predicted molar refractivity (Wildman–Crippen MR) is 96.0 cm³/mol. The molecule has 1 heterocycles. The molecular weight excluding hydrogens is 350 g/mol. The molecule has 1 aliphatic carbocycles. The lowest BCUT2D eigenvalue weighted by Gasteiger charge is -2.33. The minimum atomic E-state index is -1.18. The molecule has 0 radical (unpaired) electrons. The molecule has 1 atom stereocenters. The second kappa shape index (κ2) is 7.02. The first-order valence-corrected chi connectivity index (χ1v) is 9.03. The van der Waals surface area contributed by atoms with Crippen molar-refractivity contribution in [1.82, 2.24) is 16.0 Å². The van der Waals surface area contributed by atoms with Gasteiger partial charge in [0.05, 0.1) is 5.41 Å². The Hall–Kier alpha value is -2.90. The van der Waals surface area contributed by atoms with Crippen molar-refractivity contribution < 1.29 is 24.3 Å². The number of benzene rings is 1. The fraction of sp³-hybridized carbons (Fsp3) is 0.474. The van der Waals surface area contributed by atoms with Gasteiger partial charge in [0.2, 0.25) is 0 Å². The van der Waals surface area contributed by atoms with E-state index in [4.69, 9.17) is 0 Å². The topological polar surface area (TPSA) is 125 Å². The lowest BCUT2D eigenvalue weighted by molar-refractivity contribution is -0.150. The number of hydrogen-bond acceptors (Lipinski definition) is 4. The van der Waals surface area contributed by atoms with Crippen molar-refractivity contribution in [2.45, 2.75) is 44.6 Å². The number of imide groups is 1. The number of nitrogens with one attached hydrogen (secondary N) is 3. The molecule has 1 saturated heterocycles. The zero-order valence-corrected chi connectivity index (χ0v) is 15.1. The van der Waals surface area contributed by atoms with E-state index in [1.807, 2.05) is 0 Å². The van der Waals surface area contributed by atoms with E-state index in [0.29, 0.717) is 24.0 Å². The third kappa shape index (κ3) is 3.51. The van der Waals surface area contributed by atoms with Gasteiger partial charge in [-0.15, -0.1) is 0 Å². The fourth-order valence-electron chi connectivity index (χ4n) is 3.75. The Labute approximate surface area is 156 Å². The predicted octanol–water partition coefficient (Wildman–Crippen LogP) is 1.51. The lowest BCUT2D eigenvalue weighted by Crippen LogP contribution is -2.44. The maximum atomic E-state index is 12.4. The van der Waals surface area contributed by atoms with E-state index >= 15 is 0 Å². The Morgan fingerprint density at radius 3 is 2.26 bits per heavy atom. The minimum absolute atomic E-state index is 0.0963. The van der Waals surface area contributed by atoms with Crippen molar-refractivity contribution >= 4 is 23.8 Å². The van der Waals surface area contributed by atoms with Crippen LogP contribution in [0.25, 0.3) is 0 Å². The van der Waals surface area contributed by atoms with Gasteiger partial charge in [-0.1, -0.05) is 31.4 Å². The van der Waals surface area contributed by atoms with E-state index in [1.54, 1.807) is 31.2 Å². The van der Waals surface area contributed by atoms with Crippen molar-refractivity contribution in [2.75, 3.05) is 6.54 Å². The summed E-state index contributed by atoms with van der Waals surface area (Å²) < 4.78 is 0. The van der Waals surface area contributed by atoms with Crippen LogP contribution in [0.1, 0.15) is 54.9 Å². The Morgan fingerprint density at radius 1 is 1.11 bits per heavy atom. The molecule has 27 heavy (non-hydrogen) atoms. The smallest absolute Gasteiger partial charge is 0.322 e. The monoisotopic (exact) mass is 373 g/mol. The van der Waals surface area contributed by atoms with Crippen molar-refractivity contribution in [2.24, 2.45) is 5.41 Å². The molecule has 4 N–H and O–H groups in total. The van der Waals surface area contributed by atoms with Gasteiger partial charge in [0.15, 0.2) is 0 Å². The lowest BCUT2D eigenvalue weighted by atomic mass is 9.74. The Morgan fingerprint density at radius 2 is 1.74 bits per heavy atom. The highest BCUT2D eigenvalue weighted by molar-refractivity contribution is 6.07. The molecule has 1 saturated carbocycles. The first kappa shape index (κ1) is 18.9. The zero-order chi connectivity index (χ0) is 19.7. The molecule has 1 aromatic rings. The highest BCUT2D eigenvalue weighted by Gasteiger charge is 2.43. The molecule has 8 heteroatoms. The van der Waals surface area contributed by atoms with E-state index in [1.165, 1.54) is 0 Å². The highest BCUT2D eigenvalue weighted by atomic mass is 16.4. The number of carbonyl (C=O) groups excluding carboxylic acids is 3. The Bertz CT molecular complexity index is 783. The molecule has 1 aromatic carbocycles. The average Bonchev–Trinajstić information content (AvgIpc) is 2.93. The van der Waals surface area contributed by atoms with Crippen molar-refractivity contribution in [1.29, 1.82) is 0 Å². The minimum Gasteiger partial charge on any atom is -0.481 e. The van der Waals surface area contributed by atoms with Gasteiger partial charge in [-0.25, -0.2) is 4.79 Å². The van der Waals surface area contributed by atoms with Crippen LogP contribution in [0.4, 0.5) is 4.79 Å². The summed E-state index contributed by atoms with van der Waals surface area (Å²) >= 11 is 0. The number of hydrogen-bond donors (Lipinski definition) is 4. The van der Waals surface area contributed by atoms with Gasteiger partial charge >= 0.3 is 12.0 Å². The van der Waals surface area contributed by atoms with Crippen LogP contribution in [-0.4, -0.2) is 35.5 Å². The van der Waals surface area contributed by atoms with Gasteiger partial charge in [-0.3, -0.25) is 19.7 Å². The summed E-state index contributed by atoms with van der Waals surface area (Å²) in [6.07, 6.45) is 3.85. The Balaban J connectivity index is 1.68. The maximum absolute atomic E-state index is 12.4. The molecule has 4 amide bonds. The van der Waals surface area contributed by atoms with Crippen LogP contribution in [0.3, 0.4) is 0 Å². The van der Waals surface area contributed by atoms with E-state index in [2.05, 4.69) is 16.0 Å². The van der Waals surface area contributed by atoms with E-state index < -0.39 is 28.9 Å². The van der Waals surface area contributed by atoms with Crippen LogP contribution in [0.15, 0.2) is 24.3 Å². The van der Waals surface area contributed by atoms with Gasteiger partial charge in [-0.2, -0.15) is 0 Å². The molecular formula is C19H23N3O5. The summed E-state index contributed by atoms with van der Waals surface area (Å²) in [5, 5.41) is 17.1. The van der Waals surface area contributed by atoms with E-state index in [0.717, 1.165) is 19.3 Å². The number of carboxylic acids is 1. The van der Waals surface area contributed by atoms with E-state index in [-0.39, 0.29) is 12.5 Å². The number of urea groups is 1. The number of rotatable bonds is 5. The standard InChI is InChI=1S/C19H23N3O5/c1-18(15(24)21-17(27)22-18)13-7-5-12(6-8-13)14(23)20-11-19(16(25)26)9-3-2-4-10-19/h5-8H,2-4,9-11H2,1H3,(H,20,23)(H,25,26)(H2,21,22,24,27). The van der Waals surface area contributed by atoms with Gasteiger partial charge in [0.25, 0.3) is 11.8 Å². The molecule has 1 aliphatic heterocycles. The summed E-state index contributed by atoms with van der Waals surface area (Å²) in [5.41, 5.74) is -1.16. The molecule has 0 bridgehead atoms. The molecule has 144 valence electrons. The summed E-state index contributed by atoms with van der Waals surface area (Å²) in [5.74, 6) is -1.68. The van der Waals surface area contributed by atoms with Crippen LogP contribution in [0.5, 0.6) is 0 Å². The normalized spacial score (nSPS) is 24.0. The second-order valence-corrected chi connectivity index (χ2v) is 7.44. The largest absolute Gasteiger partial charge is 0.481 e. The average molecular weight is 373 g/mol. The summed E-state index contributed by atoms with van der Waals surface area (Å²) in [7, 11) is 0. The Kier molecular flexibility index (Phi) is 4.91. The first-order chi connectivity index (χ1) is 12.8. The molecule has 2 fully saturated rings. The molecule has 3 rings (SSSR count). The van der Waals surface area contributed by atoms with Gasteiger partial charge in [0.1, 0.15) is 5.54 Å². The van der Waals surface area contributed by atoms with Crippen LogP contribution >= 0.6 is 0 Å². The van der Waals surface area contributed by atoms with Crippen LogP contribution in [0.2, 0.25) is 0 Å². The van der Waals surface area contributed by atoms with Crippen LogP contribution in [0, 0.1) is 5.41 Å². The highest BCUT2D eigenvalue weighted by Crippen LogP contribution is 2.36. The van der Waals surface area contributed by atoms with Crippen LogP contribution < -0.4 is 16.0 Å². The first-order valence-electron chi connectivity index (χ1n) is 9.03. The molecule has 0 spiro atoms. The molecule has 2 aliphatic rings. The summed E-state index contributed by atoms with van der Waals surface area (Å²) in [4.78, 5) is 47.5. The third-order valence-electron chi connectivity index (χ3n) is 5.62. The molecule has 8 nitrogen and oxygen atoms in total. The van der Waals surface area contributed by atoms with Crippen LogP contribution in [-0.2, 0) is 15.1 Å². The van der Waals surface area contributed by atoms with E-state index in [9.17, 15) is 24.3 Å². The molecule has 0 aromatic heterocycles. The zero-order valence-electron chi connectivity index (χ0n) is 15.1. The van der Waals surface area contributed by atoms with Gasteiger partial charge in [0, 0.05) is 12.1 Å². The quantitative estimate of drug-likeness (QED) is 0.582. The maximum Gasteiger partial charge on any atom is 0.322 e. The summed E-state index contributed by atoms with van der Waals surface area (Å²) in [6, 6.07) is 5.77. The van der Waals surface area contributed by atoms with Crippen molar-refractivity contribution in [3.05, 3.63) is 35.4 Å². The number of amides is 4. The molecule has 1 unspecified atom stereocenters. The van der Waals surface area contributed by atoms with Gasteiger partial charge in [-0.05, 0) is 37.5 Å². The number of carboxylic acid groups (broad SMARTS) is 1. The van der Waals surface area contributed by atoms with Crippen molar-refractivity contribution in [3.63, 3.8) is 0 Å². The SMILES string of the molecule is CC1(c2ccc(C(=O)NCC3(C(=O)O)CCCCC3)cc2)NC(=O)NC1=O. The van der Waals surface area contributed by atoms with Gasteiger partial charge < -0.3 is 15.7 Å². The summed E-state index contributed by atoms with van der Waals surface area (Å²) in [6.45, 7) is 1.68. The van der Waals surface area contributed by atoms with Crippen molar-refractivity contribution in [3.8, 4) is 0 Å².